The maximum absolute atomic E-state index is 13.5. The minimum absolute atomic E-state index is 0.0609. The number of halogens is 3. The SMILES string of the molecule is N#Cc1ccc(N2CCN(C(=O)CCn3cccn3)C(COCc3ccccc3)C2)cc1C(F)(F)F. The molecule has 1 aliphatic heterocycles. The third kappa shape index (κ3) is 6.23. The van der Waals surface area contributed by atoms with Gasteiger partial charge in [0.15, 0.2) is 0 Å². The van der Waals surface area contributed by atoms with Crippen LogP contribution in [0, 0.1) is 11.3 Å². The Kier molecular flexibility index (Phi) is 7.90. The largest absolute Gasteiger partial charge is 0.417 e. The number of nitrogens with zero attached hydrogens (tertiary/aromatic N) is 5. The number of hydrogen-bond donors (Lipinski definition) is 0. The van der Waals surface area contributed by atoms with Crippen LogP contribution >= 0.6 is 0 Å². The zero-order valence-corrected chi connectivity index (χ0v) is 19.6. The van der Waals surface area contributed by atoms with Gasteiger partial charge in [-0.1, -0.05) is 30.3 Å². The number of amides is 1. The number of piperazine rings is 1. The smallest absolute Gasteiger partial charge is 0.375 e. The number of aryl methyl sites for hydroxylation is 1. The molecule has 1 aromatic heterocycles. The van der Waals surface area contributed by atoms with Crippen LogP contribution in [0.5, 0.6) is 0 Å². The van der Waals surface area contributed by atoms with E-state index in [1.54, 1.807) is 34.1 Å². The van der Waals surface area contributed by atoms with Gasteiger partial charge in [-0.15, -0.1) is 0 Å². The summed E-state index contributed by atoms with van der Waals surface area (Å²) in [7, 11) is 0. The van der Waals surface area contributed by atoms with Crippen LogP contribution in [0.4, 0.5) is 18.9 Å². The number of carbonyl (C=O) groups excluding carboxylic acids is 1. The standard InChI is InChI=1S/C26H26F3N5O2/c27-26(28,29)24-15-22(8-7-21(24)16-30)32-13-14-34(25(35)9-12-33-11-4-10-31-33)23(17-32)19-36-18-20-5-2-1-3-6-20/h1-8,10-11,15,23H,9,12-14,17-19H2. The average Bonchev–Trinajstić information content (AvgIpc) is 3.41. The molecule has 7 nitrogen and oxygen atoms in total. The number of nitriles is 1. The maximum Gasteiger partial charge on any atom is 0.417 e. The number of hydrogen-bond acceptors (Lipinski definition) is 5. The van der Waals surface area contributed by atoms with Crippen LogP contribution in [-0.4, -0.2) is 52.9 Å². The molecule has 2 aromatic carbocycles. The van der Waals surface area contributed by atoms with Crippen LogP contribution in [0.3, 0.4) is 0 Å². The lowest BCUT2D eigenvalue weighted by molar-refractivity contribution is -0.137. The molecule has 10 heteroatoms. The Morgan fingerprint density at radius 3 is 2.64 bits per heavy atom. The Balaban J connectivity index is 1.49. The monoisotopic (exact) mass is 497 g/mol. The van der Waals surface area contributed by atoms with Gasteiger partial charge in [0, 0.05) is 50.7 Å². The molecule has 0 aliphatic carbocycles. The quantitative estimate of drug-likeness (QED) is 0.469. The summed E-state index contributed by atoms with van der Waals surface area (Å²) in [6.45, 7) is 2.06. The summed E-state index contributed by atoms with van der Waals surface area (Å²) in [4.78, 5) is 16.6. The molecular weight excluding hydrogens is 471 g/mol. The van der Waals surface area contributed by atoms with Gasteiger partial charge in [0.2, 0.25) is 5.91 Å². The van der Waals surface area contributed by atoms with Gasteiger partial charge in [-0.3, -0.25) is 9.48 Å². The molecule has 4 rings (SSSR count). The van der Waals surface area contributed by atoms with Crippen molar-refractivity contribution in [2.24, 2.45) is 0 Å². The molecule has 36 heavy (non-hydrogen) atoms. The van der Waals surface area contributed by atoms with Crippen molar-refractivity contribution in [3.63, 3.8) is 0 Å². The maximum atomic E-state index is 13.5. The summed E-state index contributed by atoms with van der Waals surface area (Å²) >= 11 is 0. The summed E-state index contributed by atoms with van der Waals surface area (Å²) in [6, 6.07) is 16.4. The van der Waals surface area contributed by atoms with Crippen molar-refractivity contribution in [1.29, 1.82) is 5.26 Å². The minimum Gasteiger partial charge on any atom is -0.375 e. The predicted octanol–water partition coefficient (Wildman–Crippen LogP) is 4.10. The molecule has 1 atom stereocenters. The van der Waals surface area contributed by atoms with Gasteiger partial charge in [0.05, 0.1) is 36.5 Å². The zero-order valence-electron chi connectivity index (χ0n) is 19.6. The van der Waals surface area contributed by atoms with Gasteiger partial charge in [-0.05, 0) is 29.8 Å². The molecule has 1 unspecified atom stereocenters. The second kappa shape index (κ2) is 11.3. The van der Waals surface area contributed by atoms with Gasteiger partial charge in [-0.2, -0.15) is 23.5 Å². The first-order valence-corrected chi connectivity index (χ1v) is 11.6. The summed E-state index contributed by atoms with van der Waals surface area (Å²) < 4.78 is 48.1. The fraction of sp³-hybridized carbons (Fsp3) is 0.346. The summed E-state index contributed by atoms with van der Waals surface area (Å²) in [6.07, 6.45) is -0.944. The molecule has 1 amide bonds. The lowest BCUT2D eigenvalue weighted by atomic mass is 10.0. The third-order valence-electron chi connectivity index (χ3n) is 6.13. The molecule has 2 heterocycles. The van der Waals surface area contributed by atoms with Crippen molar-refractivity contribution in [1.82, 2.24) is 14.7 Å². The van der Waals surface area contributed by atoms with E-state index in [0.29, 0.717) is 38.5 Å². The molecule has 0 saturated carbocycles. The number of carbonyl (C=O) groups is 1. The van der Waals surface area contributed by atoms with Gasteiger partial charge in [0.25, 0.3) is 0 Å². The van der Waals surface area contributed by atoms with Crippen molar-refractivity contribution in [3.05, 3.63) is 83.7 Å². The first kappa shape index (κ1) is 25.3. The van der Waals surface area contributed by atoms with Crippen LogP contribution in [0.1, 0.15) is 23.1 Å². The molecule has 0 N–H and O–H groups in total. The molecule has 188 valence electrons. The van der Waals surface area contributed by atoms with Crippen LogP contribution in [-0.2, 0) is 28.9 Å². The number of anilines is 1. The molecule has 0 spiro atoms. The van der Waals surface area contributed by atoms with E-state index >= 15 is 0 Å². The van der Waals surface area contributed by atoms with E-state index in [1.807, 2.05) is 35.2 Å². The average molecular weight is 498 g/mol. The molecule has 1 fully saturated rings. The van der Waals surface area contributed by atoms with Gasteiger partial charge >= 0.3 is 6.18 Å². The highest BCUT2D eigenvalue weighted by molar-refractivity contribution is 5.77. The van der Waals surface area contributed by atoms with Crippen molar-refractivity contribution in [2.75, 3.05) is 31.1 Å². The van der Waals surface area contributed by atoms with Crippen LogP contribution in [0.2, 0.25) is 0 Å². The number of alkyl halides is 3. The van der Waals surface area contributed by atoms with Gasteiger partial charge < -0.3 is 14.5 Å². The number of ether oxygens (including phenoxy) is 1. The lowest BCUT2D eigenvalue weighted by Crippen LogP contribution is -2.57. The molecular formula is C26H26F3N5O2. The van der Waals surface area contributed by atoms with Crippen LogP contribution in [0.15, 0.2) is 67.0 Å². The van der Waals surface area contributed by atoms with Crippen molar-refractivity contribution >= 4 is 11.6 Å². The Labute approximate surface area is 207 Å². The van der Waals surface area contributed by atoms with Gasteiger partial charge in [-0.25, -0.2) is 0 Å². The van der Waals surface area contributed by atoms with Crippen LogP contribution in [0.25, 0.3) is 0 Å². The minimum atomic E-state index is -4.64. The van der Waals surface area contributed by atoms with E-state index in [-0.39, 0.29) is 25.0 Å². The van der Waals surface area contributed by atoms with Gasteiger partial charge in [0.1, 0.15) is 0 Å². The second-order valence-corrected chi connectivity index (χ2v) is 8.55. The second-order valence-electron chi connectivity index (χ2n) is 8.55. The van der Waals surface area contributed by atoms with E-state index in [4.69, 9.17) is 10.00 Å². The zero-order chi connectivity index (χ0) is 25.5. The normalized spacial score (nSPS) is 16.1. The molecule has 0 bridgehead atoms. The highest BCUT2D eigenvalue weighted by Crippen LogP contribution is 2.35. The summed E-state index contributed by atoms with van der Waals surface area (Å²) in [5.74, 6) is -0.0609. The summed E-state index contributed by atoms with van der Waals surface area (Å²) in [5, 5.41) is 13.2. The third-order valence-corrected chi connectivity index (χ3v) is 6.13. The number of aromatic nitrogens is 2. The van der Waals surface area contributed by atoms with E-state index in [9.17, 15) is 18.0 Å². The Morgan fingerprint density at radius 1 is 1.14 bits per heavy atom. The molecule has 1 saturated heterocycles. The van der Waals surface area contributed by atoms with Crippen LogP contribution < -0.4 is 4.90 Å². The highest BCUT2D eigenvalue weighted by atomic mass is 19.4. The Morgan fingerprint density at radius 2 is 1.94 bits per heavy atom. The Bertz CT molecular complexity index is 1190. The topological polar surface area (TPSA) is 74.4 Å². The first-order chi connectivity index (χ1) is 17.3. The van der Waals surface area contributed by atoms with E-state index in [2.05, 4.69) is 5.10 Å². The first-order valence-electron chi connectivity index (χ1n) is 11.6. The fourth-order valence-corrected chi connectivity index (χ4v) is 4.30. The lowest BCUT2D eigenvalue weighted by Gasteiger charge is -2.42. The van der Waals surface area contributed by atoms with E-state index < -0.39 is 17.3 Å². The number of rotatable bonds is 8. The molecule has 3 aromatic rings. The van der Waals surface area contributed by atoms with Crippen molar-refractivity contribution in [2.45, 2.75) is 31.8 Å². The van der Waals surface area contributed by atoms with E-state index in [1.165, 1.54) is 12.1 Å². The fourth-order valence-electron chi connectivity index (χ4n) is 4.30. The van der Waals surface area contributed by atoms with Crippen molar-refractivity contribution < 1.29 is 22.7 Å². The van der Waals surface area contributed by atoms with E-state index in [0.717, 1.165) is 11.6 Å². The number of benzene rings is 2. The highest BCUT2D eigenvalue weighted by Gasteiger charge is 2.36. The molecule has 1 aliphatic rings. The Hall–Kier alpha value is -3.84. The van der Waals surface area contributed by atoms with Crippen molar-refractivity contribution in [3.8, 4) is 6.07 Å². The summed E-state index contributed by atoms with van der Waals surface area (Å²) in [5.41, 5.74) is -0.0276. The predicted molar refractivity (Wildman–Crippen MR) is 127 cm³/mol. The molecule has 0 radical (unpaired) electrons.